The molecule has 4 nitrogen and oxygen atoms in total. The van der Waals surface area contributed by atoms with Gasteiger partial charge in [0.05, 0.1) is 0 Å². The second kappa shape index (κ2) is 9.25. The van der Waals surface area contributed by atoms with Gasteiger partial charge in [-0.2, -0.15) is 0 Å². The van der Waals surface area contributed by atoms with Gasteiger partial charge in [-0.25, -0.2) is 0 Å². The summed E-state index contributed by atoms with van der Waals surface area (Å²) < 4.78 is 0. The molecule has 2 aliphatic carbocycles. The Morgan fingerprint density at radius 3 is 1.90 bits per heavy atom. The van der Waals surface area contributed by atoms with Crippen LogP contribution in [0, 0.1) is 11.8 Å². The van der Waals surface area contributed by atoms with Crippen LogP contribution in [0.5, 0.6) is 0 Å². The fraction of sp³-hybridized carbons (Fsp3) is 0.440. The lowest BCUT2D eigenvalue weighted by Gasteiger charge is -2.29. The van der Waals surface area contributed by atoms with Gasteiger partial charge >= 0.3 is 0 Å². The quantitative estimate of drug-likeness (QED) is 0.741. The first-order valence-corrected chi connectivity index (χ1v) is 11.0. The first-order chi connectivity index (χ1) is 14.2. The maximum Gasteiger partial charge on any atom is 0.227 e. The summed E-state index contributed by atoms with van der Waals surface area (Å²) in [6.07, 6.45) is 7.88. The van der Waals surface area contributed by atoms with Crippen LogP contribution in [0.2, 0.25) is 0 Å². The number of benzene rings is 2. The number of nitrogens with one attached hydrogen (secondary N) is 2. The molecule has 0 radical (unpaired) electrons. The summed E-state index contributed by atoms with van der Waals surface area (Å²) in [5.41, 5.74) is 3.15. The van der Waals surface area contributed by atoms with Gasteiger partial charge in [-0.3, -0.25) is 9.59 Å². The highest BCUT2D eigenvalue weighted by atomic mass is 16.2. The van der Waals surface area contributed by atoms with Crippen molar-refractivity contribution in [3.05, 3.63) is 54.6 Å². The first kappa shape index (κ1) is 19.7. The highest BCUT2D eigenvalue weighted by Gasteiger charge is 2.29. The Morgan fingerprint density at radius 2 is 1.24 bits per heavy atom. The highest BCUT2D eigenvalue weighted by Crippen LogP contribution is 2.29. The summed E-state index contributed by atoms with van der Waals surface area (Å²) >= 11 is 0. The minimum atomic E-state index is 0.0310. The highest BCUT2D eigenvalue weighted by molar-refractivity contribution is 5.92. The van der Waals surface area contributed by atoms with Crippen molar-refractivity contribution in [2.24, 2.45) is 11.8 Å². The molecule has 2 N–H and O–H groups in total. The number of hydrogen-bond donors (Lipinski definition) is 2. The maximum atomic E-state index is 12.7. The van der Waals surface area contributed by atoms with Crippen molar-refractivity contribution in [3.8, 4) is 11.1 Å². The van der Waals surface area contributed by atoms with E-state index in [1.165, 1.54) is 18.4 Å². The van der Waals surface area contributed by atoms with Crippen molar-refractivity contribution in [1.82, 2.24) is 5.32 Å². The molecule has 0 bridgehead atoms. The van der Waals surface area contributed by atoms with Crippen LogP contribution in [0.15, 0.2) is 54.6 Å². The van der Waals surface area contributed by atoms with Gasteiger partial charge < -0.3 is 10.6 Å². The lowest BCUT2D eigenvalue weighted by atomic mass is 9.85. The third kappa shape index (κ3) is 5.06. The van der Waals surface area contributed by atoms with Crippen LogP contribution in [0.1, 0.15) is 51.4 Å². The number of hydrogen-bond acceptors (Lipinski definition) is 2. The molecule has 0 aliphatic heterocycles. The summed E-state index contributed by atoms with van der Waals surface area (Å²) in [5, 5.41) is 6.29. The van der Waals surface area contributed by atoms with Crippen LogP contribution < -0.4 is 10.6 Å². The van der Waals surface area contributed by atoms with Crippen molar-refractivity contribution < 1.29 is 9.59 Å². The summed E-state index contributed by atoms with van der Waals surface area (Å²) in [6.45, 7) is 0. The zero-order valence-corrected chi connectivity index (χ0v) is 16.9. The fourth-order valence-corrected chi connectivity index (χ4v) is 4.63. The molecule has 2 saturated carbocycles. The fourth-order valence-electron chi connectivity index (χ4n) is 4.63. The zero-order valence-electron chi connectivity index (χ0n) is 16.9. The normalized spacial score (nSPS) is 22.2. The minimum Gasteiger partial charge on any atom is -0.353 e. The average molecular weight is 391 g/mol. The number of carbonyl (C=O) groups excluding carboxylic acids is 2. The molecule has 2 fully saturated rings. The molecular weight excluding hydrogens is 360 g/mol. The largest absolute Gasteiger partial charge is 0.353 e. The Morgan fingerprint density at radius 1 is 0.655 bits per heavy atom. The summed E-state index contributed by atoms with van der Waals surface area (Å²) in [4.78, 5) is 25.0. The Kier molecular flexibility index (Phi) is 6.28. The van der Waals surface area contributed by atoms with Crippen LogP contribution in [0.25, 0.3) is 11.1 Å². The van der Waals surface area contributed by atoms with Crippen molar-refractivity contribution >= 4 is 17.5 Å². The molecule has 0 aromatic heterocycles. The Balaban J connectivity index is 1.25. The smallest absolute Gasteiger partial charge is 0.227 e. The molecule has 0 spiro atoms. The van der Waals surface area contributed by atoms with Crippen LogP contribution in [-0.4, -0.2) is 17.9 Å². The molecule has 0 unspecified atom stereocenters. The van der Waals surface area contributed by atoms with E-state index in [0.717, 1.165) is 49.8 Å². The van der Waals surface area contributed by atoms with Gasteiger partial charge in [0, 0.05) is 23.6 Å². The second-order valence-corrected chi connectivity index (χ2v) is 8.47. The van der Waals surface area contributed by atoms with E-state index in [-0.39, 0.29) is 29.7 Å². The average Bonchev–Trinajstić information content (AvgIpc) is 3.31. The molecular formula is C25H30N2O2. The van der Waals surface area contributed by atoms with E-state index in [9.17, 15) is 9.59 Å². The third-order valence-electron chi connectivity index (χ3n) is 6.43. The second-order valence-electron chi connectivity index (χ2n) is 8.47. The third-order valence-corrected chi connectivity index (χ3v) is 6.43. The van der Waals surface area contributed by atoms with E-state index < -0.39 is 0 Å². The molecule has 0 atom stereocenters. The molecule has 4 heteroatoms. The van der Waals surface area contributed by atoms with E-state index in [1.807, 2.05) is 42.5 Å². The molecule has 2 amide bonds. The number of rotatable bonds is 5. The molecule has 2 aliphatic rings. The summed E-state index contributed by atoms with van der Waals surface area (Å²) in [6, 6.07) is 18.5. The topological polar surface area (TPSA) is 58.2 Å². The Labute approximate surface area is 173 Å². The van der Waals surface area contributed by atoms with Gasteiger partial charge in [0.2, 0.25) is 11.8 Å². The van der Waals surface area contributed by atoms with E-state index >= 15 is 0 Å². The molecule has 2 aromatic rings. The number of amides is 2. The maximum absolute atomic E-state index is 12.7. The van der Waals surface area contributed by atoms with Gasteiger partial charge in [-0.05, 0) is 61.8 Å². The molecule has 29 heavy (non-hydrogen) atoms. The van der Waals surface area contributed by atoms with Crippen molar-refractivity contribution in [1.29, 1.82) is 0 Å². The molecule has 0 saturated heterocycles. The van der Waals surface area contributed by atoms with E-state index in [1.54, 1.807) is 0 Å². The van der Waals surface area contributed by atoms with Gasteiger partial charge in [-0.1, -0.05) is 55.3 Å². The van der Waals surface area contributed by atoms with Crippen LogP contribution >= 0.6 is 0 Å². The molecule has 152 valence electrons. The lowest BCUT2D eigenvalue weighted by molar-refractivity contribution is -0.125. The van der Waals surface area contributed by atoms with E-state index in [2.05, 4.69) is 22.8 Å². The molecule has 0 heterocycles. The molecule has 4 rings (SSSR count). The van der Waals surface area contributed by atoms with Crippen LogP contribution in [0.4, 0.5) is 5.69 Å². The molecule has 2 aromatic carbocycles. The number of carbonyl (C=O) groups is 2. The summed E-state index contributed by atoms with van der Waals surface area (Å²) in [5.74, 6) is 0.574. The van der Waals surface area contributed by atoms with Crippen molar-refractivity contribution in [2.75, 3.05) is 5.32 Å². The van der Waals surface area contributed by atoms with Gasteiger partial charge in [0.15, 0.2) is 0 Å². The Hall–Kier alpha value is -2.62. The van der Waals surface area contributed by atoms with E-state index in [0.29, 0.717) is 0 Å². The number of anilines is 1. The van der Waals surface area contributed by atoms with Crippen molar-refractivity contribution in [3.63, 3.8) is 0 Å². The Bertz CT molecular complexity index is 818. The van der Waals surface area contributed by atoms with E-state index in [4.69, 9.17) is 0 Å². The van der Waals surface area contributed by atoms with Crippen LogP contribution in [0.3, 0.4) is 0 Å². The lowest BCUT2D eigenvalue weighted by Crippen LogP contribution is -2.41. The van der Waals surface area contributed by atoms with Gasteiger partial charge in [0.25, 0.3) is 0 Å². The standard InChI is InChI=1S/C25H30N2O2/c28-24(20-8-4-5-9-20)26-23-16-12-21(13-17-23)25(29)27-22-14-10-19(11-15-22)18-6-2-1-3-7-18/h1-3,6-7,10-11,14-15,20-21,23H,4-5,8-9,12-13,16-17H2,(H,26,28)(H,27,29). The zero-order chi connectivity index (χ0) is 20.1. The predicted molar refractivity (Wildman–Crippen MR) is 116 cm³/mol. The first-order valence-electron chi connectivity index (χ1n) is 11.0. The monoisotopic (exact) mass is 390 g/mol. The minimum absolute atomic E-state index is 0.0310. The SMILES string of the molecule is O=C(Nc1ccc(-c2ccccc2)cc1)C1CCC(NC(=O)C2CCCC2)CC1. The van der Waals surface area contributed by atoms with Crippen molar-refractivity contribution in [2.45, 2.75) is 57.4 Å². The van der Waals surface area contributed by atoms with Crippen LogP contribution in [-0.2, 0) is 9.59 Å². The van der Waals surface area contributed by atoms with Gasteiger partial charge in [-0.15, -0.1) is 0 Å². The summed E-state index contributed by atoms with van der Waals surface area (Å²) in [7, 11) is 0. The predicted octanol–water partition coefficient (Wildman–Crippen LogP) is 5.16. The van der Waals surface area contributed by atoms with Gasteiger partial charge in [0.1, 0.15) is 0 Å².